The van der Waals surface area contributed by atoms with Gasteiger partial charge in [-0.2, -0.15) is 0 Å². The predicted molar refractivity (Wildman–Crippen MR) is 93.5 cm³/mol. The van der Waals surface area contributed by atoms with Crippen LogP contribution in [-0.2, 0) is 11.3 Å². The number of benzene rings is 1. The lowest BCUT2D eigenvalue weighted by Gasteiger charge is -2.20. The van der Waals surface area contributed by atoms with Crippen LogP contribution in [0.4, 0.5) is 0 Å². The quantitative estimate of drug-likeness (QED) is 0.774. The molecule has 1 fully saturated rings. The summed E-state index contributed by atoms with van der Waals surface area (Å²) >= 11 is 0. The Hall–Kier alpha value is -1.46. The Bertz CT molecular complexity index is 497. The lowest BCUT2D eigenvalue weighted by atomic mass is 10.2. The topological polar surface area (TPSA) is 50.8 Å². The molecule has 0 radical (unpaired) electrons. The van der Waals surface area contributed by atoms with E-state index in [0.717, 1.165) is 56.0 Å². The van der Waals surface area contributed by atoms with Gasteiger partial charge in [0.15, 0.2) is 0 Å². The van der Waals surface area contributed by atoms with Crippen molar-refractivity contribution >= 4 is 18.3 Å². The number of hydrogen-bond acceptors (Lipinski definition) is 4. The summed E-state index contributed by atoms with van der Waals surface area (Å²) in [5, 5.41) is 3.39. The smallest absolute Gasteiger partial charge is 0.222 e. The number of carbonyl (C=O) groups is 1. The van der Waals surface area contributed by atoms with Gasteiger partial charge in [0, 0.05) is 38.2 Å². The number of rotatable bonds is 7. The van der Waals surface area contributed by atoms with Crippen molar-refractivity contribution < 1.29 is 14.3 Å². The Morgan fingerprint density at radius 1 is 1.17 bits per heavy atom. The van der Waals surface area contributed by atoms with Crippen LogP contribution in [0.5, 0.6) is 11.5 Å². The van der Waals surface area contributed by atoms with Crippen LogP contribution in [0.15, 0.2) is 18.2 Å². The van der Waals surface area contributed by atoms with Crippen LogP contribution in [0.25, 0.3) is 0 Å². The Morgan fingerprint density at radius 2 is 2.00 bits per heavy atom. The Morgan fingerprint density at radius 3 is 2.74 bits per heavy atom. The normalized spacial score (nSPS) is 14.9. The van der Waals surface area contributed by atoms with Gasteiger partial charge < -0.3 is 19.7 Å². The Labute approximate surface area is 144 Å². The predicted octanol–water partition coefficient (Wildman–Crippen LogP) is 2.62. The SMILES string of the molecule is COc1ccc(OC)c(CNCCN2CCCCCC2=O)c1.Cl. The zero-order chi connectivity index (χ0) is 15.8. The van der Waals surface area contributed by atoms with Crippen molar-refractivity contribution in [2.45, 2.75) is 32.2 Å². The Kier molecular flexibility index (Phi) is 8.81. The number of nitrogens with zero attached hydrogens (tertiary/aromatic N) is 1. The van der Waals surface area contributed by atoms with Crippen molar-refractivity contribution in [3.63, 3.8) is 0 Å². The molecule has 1 saturated heterocycles. The molecule has 130 valence electrons. The molecule has 1 aromatic rings. The molecule has 0 spiro atoms. The summed E-state index contributed by atoms with van der Waals surface area (Å²) in [4.78, 5) is 13.9. The molecule has 2 rings (SSSR count). The number of amides is 1. The number of halogens is 1. The highest BCUT2D eigenvalue weighted by Crippen LogP contribution is 2.23. The second-order valence-electron chi connectivity index (χ2n) is 5.55. The summed E-state index contributed by atoms with van der Waals surface area (Å²) in [6.07, 6.45) is 4.01. The molecule has 6 heteroatoms. The molecular formula is C17H27ClN2O3. The molecule has 0 aromatic heterocycles. The van der Waals surface area contributed by atoms with E-state index in [1.807, 2.05) is 23.1 Å². The van der Waals surface area contributed by atoms with Gasteiger partial charge in [-0.25, -0.2) is 0 Å². The molecule has 1 aliphatic rings. The van der Waals surface area contributed by atoms with Crippen LogP contribution in [0, 0.1) is 0 Å². The van der Waals surface area contributed by atoms with Crippen LogP contribution in [0.1, 0.15) is 31.2 Å². The molecule has 0 bridgehead atoms. The first-order chi connectivity index (χ1) is 10.7. The van der Waals surface area contributed by atoms with E-state index >= 15 is 0 Å². The molecule has 1 aliphatic heterocycles. The highest BCUT2D eigenvalue weighted by atomic mass is 35.5. The number of hydrogen-bond donors (Lipinski definition) is 1. The molecule has 0 unspecified atom stereocenters. The van der Waals surface area contributed by atoms with Gasteiger partial charge in [-0.1, -0.05) is 6.42 Å². The maximum atomic E-state index is 11.9. The third-order valence-corrected chi connectivity index (χ3v) is 4.03. The first-order valence-corrected chi connectivity index (χ1v) is 7.94. The minimum absolute atomic E-state index is 0. The molecule has 5 nitrogen and oxygen atoms in total. The first kappa shape index (κ1) is 19.6. The zero-order valence-electron chi connectivity index (χ0n) is 14.0. The Balaban J connectivity index is 0.00000264. The second-order valence-corrected chi connectivity index (χ2v) is 5.55. The van der Waals surface area contributed by atoms with E-state index in [1.54, 1.807) is 14.2 Å². The lowest BCUT2D eigenvalue weighted by molar-refractivity contribution is -0.130. The van der Waals surface area contributed by atoms with Crippen molar-refractivity contribution in [1.82, 2.24) is 10.2 Å². The molecule has 1 aromatic carbocycles. The van der Waals surface area contributed by atoms with Crippen LogP contribution in [0.3, 0.4) is 0 Å². The van der Waals surface area contributed by atoms with Crippen molar-refractivity contribution in [2.75, 3.05) is 33.9 Å². The van der Waals surface area contributed by atoms with Gasteiger partial charge in [-0.15, -0.1) is 12.4 Å². The zero-order valence-corrected chi connectivity index (χ0v) is 14.8. The summed E-state index contributed by atoms with van der Waals surface area (Å²) in [5.74, 6) is 1.96. The van der Waals surface area contributed by atoms with Gasteiger partial charge in [0.1, 0.15) is 11.5 Å². The van der Waals surface area contributed by atoms with Crippen molar-refractivity contribution in [3.8, 4) is 11.5 Å². The monoisotopic (exact) mass is 342 g/mol. The average Bonchev–Trinajstić information content (AvgIpc) is 2.75. The molecule has 0 saturated carbocycles. The third kappa shape index (κ3) is 5.92. The summed E-state index contributed by atoms with van der Waals surface area (Å²) in [6.45, 7) is 3.14. The van der Waals surface area contributed by atoms with E-state index in [-0.39, 0.29) is 12.4 Å². The summed E-state index contributed by atoms with van der Waals surface area (Å²) < 4.78 is 10.6. The third-order valence-electron chi connectivity index (χ3n) is 4.03. The summed E-state index contributed by atoms with van der Waals surface area (Å²) in [6, 6.07) is 5.77. The number of carbonyl (C=O) groups excluding carboxylic acids is 1. The summed E-state index contributed by atoms with van der Waals surface area (Å²) in [7, 11) is 3.32. The van der Waals surface area contributed by atoms with Crippen molar-refractivity contribution in [2.24, 2.45) is 0 Å². The maximum absolute atomic E-state index is 11.9. The minimum Gasteiger partial charge on any atom is -0.497 e. The lowest BCUT2D eigenvalue weighted by Crippen LogP contribution is -2.36. The molecule has 0 aliphatic carbocycles. The van der Waals surface area contributed by atoms with Gasteiger partial charge in [0.2, 0.25) is 5.91 Å². The molecular weight excluding hydrogens is 316 g/mol. The van der Waals surface area contributed by atoms with E-state index in [0.29, 0.717) is 18.9 Å². The largest absolute Gasteiger partial charge is 0.497 e. The van der Waals surface area contributed by atoms with Gasteiger partial charge in [0.05, 0.1) is 14.2 Å². The first-order valence-electron chi connectivity index (χ1n) is 7.94. The highest BCUT2D eigenvalue weighted by Gasteiger charge is 2.15. The van der Waals surface area contributed by atoms with Crippen LogP contribution in [-0.4, -0.2) is 44.7 Å². The highest BCUT2D eigenvalue weighted by molar-refractivity contribution is 5.85. The van der Waals surface area contributed by atoms with Crippen LogP contribution < -0.4 is 14.8 Å². The molecule has 1 heterocycles. The fourth-order valence-electron chi connectivity index (χ4n) is 2.73. The molecule has 1 N–H and O–H groups in total. The second kappa shape index (κ2) is 10.3. The van der Waals surface area contributed by atoms with Crippen molar-refractivity contribution in [3.05, 3.63) is 23.8 Å². The van der Waals surface area contributed by atoms with E-state index in [9.17, 15) is 4.79 Å². The number of methoxy groups -OCH3 is 2. The van der Waals surface area contributed by atoms with Gasteiger partial charge in [-0.3, -0.25) is 4.79 Å². The van der Waals surface area contributed by atoms with Gasteiger partial charge in [0.25, 0.3) is 0 Å². The van der Waals surface area contributed by atoms with Gasteiger partial charge in [-0.05, 0) is 31.0 Å². The average molecular weight is 343 g/mol. The van der Waals surface area contributed by atoms with Crippen LogP contribution in [0.2, 0.25) is 0 Å². The van der Waals surface area contributed by atoms with E-state index in [1.165, 1.54) is 0 Å². The standard InChI is InChI=1S/C17H26N2O3.ClH/c1-21-15-7-8-16(22-2)14(12-15)13-18-9-11-19-10-5-3-4-6-17(19)20;/h7-8,12,18H,3-6,9-11,13H2,1-2H3;1H. The van der Waals surface area contributed by atoms with E-state index < -0.39 is 0 Å². The molecule has 23 heavy (non-hydrogen) atoms. The fraction of sp³-hybridized carbons (Fsp3) is 0.588. The van der Waals surface area contributed by atoms with E-state index in [2.05, 4.69) is 5.32 Å². The van der Waals surface area contributed by atoms with Gasteiger partial charge >= 0.3 is 0 Å². The number of nitrogens with one attached hydrogen (secondary N) is 1. The fourth-order valence-corrected chi connectivity index (χ4v) is 2.73. The summed E-state index contributed by atoms with van der Waals surface area (Å²) in [5.41, 5.74) is 1.06. The number of likely N-dealkylation sites (tertiary alicyclic amines) is 1. The van der Waals surface area contributed by atoms with E-state index in [4.69, 9.17) is 9.47 Å². The molecule has 1 amide bonds. The minimum atomic E-state index is 0. The van der Waals surface area contributed by atoms with Crippen molar-refractivity contribution in [1.29, 1.82) is 0 Å². The number of ether oxygens (including phenoxy) is 2. The maximum Gasteiger partial charge on any atom is 0.222 e. The van der Waals surface area contributed by atoms with Crippen LogP contribution >= 0.6 is 12.4 Å². The molecule has 0 atom stereocenters.